The van der Waals surface area contributed by atoms with Gasteiger partial charge in [-0.3, -0.25) is 9.78 Å². The van der Waals surface area contributed by atoms with Crippen molar-refractivity contribution in [3.05, 3.63) is 34.6 Å². The number of aryl methyl sites for hydroxylation is 2. The first-order valence-corrected chi connectivity index (χ1v) is 7.37. The molecule has 1 unspecified atom stereocenters. The molecule has 5 nitrogen and oxygen atoms in total. The van der Waals surface area contributed by atoms with Gasteiger partial charge in [-0.15, -0.1) is 11.3 Å². The number of rotatable bonds is 3. The topological polar surface area (TPSA) is 75.1 Å². The quantitative estimate of drug-likeness (QED) is 0.908. The summed E-state index contributed by atoms with van der Waals surface area (Å²) in [6.07, 6.45) is 6.01. The highest BCUT2D eigenvalue weighted by Gasteiger charge is 2.30. The summed E-state index contributed by atoms with van der Waals surface area (Å²) in [6.45, 7) is 2.00. The Balaban J connectivity index is 1.90. The van der Waals surface area contributed by atoms with Gasteiger partial charge in [0.25, 0.3) is 0 Å². The van der Waals surface area contributed by atoms with Crippen molar-refractivity contribution in [2.75, 3.05) is 5.32 Å². The van der Waals surface area contributed by atoms with Crippen molar-refractivity contribution in [2.45, 2.75) is 32.1 Å². The zero-order valence-electron chi connectivity index (χ0n) is 11.1. The minimum absolute atomic E-state index is 0.458. The van der Waals surface area contributed by atoms with E-state index in [1.165, 1.54) is 0 Å². The lowest BCUT2D eigenvalue weighted by molar-refractivity contribution is -0.139. The molecule has 0 radical (unpaired) electrons. The average Bonchev–Trinajstić information content (AvgIpc) is 2.83. The summed E-state index contributed by atoms with van der Waals surface area (Å²) in [6, 6.07) is 1.93. The smallest absolute Gasteiger partial charge is 0.312 e. The molecule has 0 amide bonds. The summed E-state index contributed by atoms with van der Waals surface area (Å²) < 4.78 is 0. The maximum Gasteiger partial charge on any atom is 0.312 e. The highest BCUT2D eigenvalue weighted by Crippen LogP contribution is 2.37. The van der Waals surface area contributed by atoms with Crippen molar-refractivity contribution < 1.29 is 9.90 Å². The second-order valence-electron chi connectivity index (χ2n) is 4.93. The minimum Gasteiger partial charge on any atom is -0.481 e. The van der Waals surface area contributed by atoms with Gasteiger partial charge in [0.1, 0.15) is 5.92 Å². The van der Waals surface area contributed by atoms with Gasteiger partial charge in [0.15, 0.2) is 5.13 Å². The van der Waals surface area contributed by atoms with Gasteiger partial charge in [-0.2, -0.15) is 0 Å². The average molecular weight is 289 g/mol. The monoisotopic (exact) mass is 289 g/mol. The van der Waals surface area contributed by atoms with Crippen molar-refractivity contribution in [3.8, 4) is 0 Å². The summed E-state index contributed by atoms with van der Waals surface area (Å²) in [4.78, 5) is 20.9. The van der Waals surface area contributed by atoms with Crippen LogP contribution in [0.4, 0.5) is 10.8 Å². The van der Waals surface area contributed by atoms with E-state index in [0.29, 0.717) is 6.42 Å². The van der Waals surface area contributed by atoms with Gasteiger partial charge in [0.05, 0.1) is 17.6 Å². The van der Waals surface area contributed by atoms with E-state index in [4.69, 9.17) is 0 Å². The summed E-state index contributed by atoms with van der Waals surface area (Å²) in [5, 5.41) is 13.3. The van der Waals surface area contributed by atoms with E-state index < -0.39 is 11.9 Å². The van der Waals surface area contributed by atoms with Gasteiger partial charge in [0.2, 0.25) is 0 Å². The van der Waals surface area contributed by atoms with Crippen molar-refractivity contribution in [2.24, 2.45) is 0 Å². The van der Waals surface area contributed by atoms with Gasteiger partial charge in [-0.25, -0.2) is 4.98 Å². The Morgan fingerprint density at radius 2 is 2.40 bits per heavy atom. The maximum atomic E-state index is 11.3. The summed E-state index contributed by atoms with van der Waals surface area (Å²) in [5.41, 5.74) is 2.73. The fraction of sp³-hybridized carbons (Fsp3) is 0.357. The molecule has 0 bridgehead atoms. The molecule has 0 aromatic carbocycles. The first-order valence-electron chi connectivity index (χ1n) is 6.55. The van der Waals surface area contributed by atoms with Crippen LogP contribution >= 0.6 is 11.3 Å². The summed E-state index contributed by atoms with van der Waals surface area (Å²) >= 11 is 1.55. The lowest BCUT2D eigenvalue weighted by atomic mass is 9.91. The van der Waals surface area contributed by atoms with E-state index in [0.717, 1.165) is 39.8 Å². The number of hydrogen-bond acceptors (Lipinski definition) is 5. The lowest BCUT2D eigenvalue weighted by Gasteiger charge is -2.16. The van der Waals surface area contributed by atoms with Gasteiger partial charge < -0.3 is 10.4 Å². The molecule has 0 spiro atoms. The fourth-order valence-electron chi connectivity index (χ4n) is 2.42. The SMILES string of the molecule is Cc1ccncc1Nc1nc2c(s1)CCCC2C(=O)O. The predicted octanol–water partition coefficient (Wildman–Crippen LogP) is 3.09. The minimum atomic E-state index is -0.777. The highest BCUT2D eigenvalue weighted by molar-refractivity contribution is 7.15. The van der Waals surface area contributed by atoms with Crippen LogP contribution in [-0.4, -0.2) is 21.0 Å². The Hall–Kier alpha value is -1.95. The van der Waals surface area contributed by atoms with Crippen LogP contribution in [0.2, 0.25) is 0 Å². The molecule has 104 valence electrons. The predicted molar refractivity (Wildman–Crippen MR) is 77.7 cm³/mol. The van der Waals surface area contributed by atoms with Crippen molar-refractivity contribution in [3.63, 3.8) is 0 Å². The number of fused-ring (bicyclic) bond motifs is 1. The van der Waals surface area contributed by atoms with Gasteiger partial charge in [-0.1, -0.05) is 0 Å². The van der Waals surface area contributed by atoms with Crippen LogP contribution in [0.1, 0.15) is 34.9 Å². The lowest BCUT2D eigenvalue weighted by Crippen LogP contribution is -2.17. The van der Waals surface area contributed by atoms with Crippen LogP contribution in [-0.2, 0) is 11.2 Å². The van der Waals surface area contributed by atoms with Crippen LogP contribution in [0.5, 0.6) is 0 Å². The summed E-state index contributed by atoms with van der Waals surface area (Å²) in [5.74, 6) is -1.24. The molecular weight excluding hydrogens is 274 g/mol. The zero-order valence-corrected chi connectivity index (χ0v) is 11.9. The standard InChI is InChI=1S/C14H15N3O2S/c1-8-5-6-15-7-10(8)16-14-17-12-9(13(18)19)3-2-4-11(12)20-14/h5-7,9H,2-4H2,1H3,(H,16,17)(H,18,19). The number of anilines is 2. The molecule has 2 N–H and O–H groups in total. The van der Waals surface area contributed by atoms with Crippen LogP contribution in [0.3, 0.4) is 0 Å². The summed E-state index contributed by atoms with van der Waals surface area (Å²) in [7, 11) is 0. The molecule has 1 aliphatic carbocycles. The van der Waals surface area contributed by atoms with Crippen LogP contribution in [0.15, 0.2) is 18.5 Å². The zero-order chi connectivity index (χ0) is 14.1. The third kappa shape index (κ3) is 2.38. The van der Waals surface area contributed by atoms with Crippen LogP contribution in [0.25, 0.3) is 0 Å². The molecule has 1 atom stereocenters. The molecule has 2 aromatic rings. The van der Waals surface area contributed by atoms with E-state index in [2.05, 4.69) is 15.3 Å². The second kappa shape index (κ2) is 5.20. The number of carboxylic acids is 1. The normalized spacial score (nSPS) is 17.6. The highest BCUT2D eigenvalue weighted by atomic mass is 32.1. The molecule has 3 rings (SSSR count). The molecule has 20 heavy (non-hydrogen) atoms. The second-order valence-corrected chi connectivity index (χ2v) is 6.01. The van der Waals surface area contributed by atoms with Crippen molar-refractivity contribution in [1.29, 1.82) is 0 Å². The molecule has 2 heterocycles. The number of nitrogens with one attached hydrogen (secondary N) is 1. The van der Waals surface area contributed by atoms with E-state index in [9.17, 15) is 9.90 Å². The Kier molecular flexibility index (Phi) is 3.40. The van der Waals surface area contributed by atoms with Crippen molar-refractivity contribution in [1.82, 2.24) is 9.97 Å². The van der Waals surface area contributed by atoms with E-state index in [1.807, 2.05) is 13.0 Å². The third-order valence-corrected chi connectivity index (χ3v) is 4.58. The van der Waals surface area contributed by atoms with E-state index in [1.54, 1.807) is 23.7 Å². The largest absolute Gasteiger partial charge is 0.481 e. The van der Waals surface area contributed by atoms with E-state index in [-0.39, 0.29) is 0 Å². The molecule has 0 fully saturated rings. The molecule has 0 saturated heterocycles. The van der Waals surface area contributed by atoms with Gasteiger partial charge in [-0.05, 0) is 37.8 Å². The third-order valence-electron chi connectivity index (χ3n) is 3.53. The Morgan fingerprint density at radius 1 is 1.55 bits per heavy atom. The van der Waals surface area contributed by atoms with Gasteiger partial charge in [0, 0.05) is 11.1 Å². The Morgan fingerprint density at radius 3 is 3.15 bits per heavy atom. The number of nitrogens with zero attached hydrogens (tertiary/aromatic N) is 2. The fourth-order valence-corrected chi connectivity index (χ4v) is 3.50. The molecule has 1 aliphatic rings. The number of carboxylic acid groups (broad SMARTS) is 1. The molecule has 6 heteroatoms. The van der Waals surface area contributed by atoms with Crippen molar-refractivity contribution >= 4 is 28.1 Å². The van der Waals surface area contributed by atoms with Crippen LogP contribution in [0, 0.1) is 6.92 Å². The number of aliphatic carboxylic acids is 1. The number of thiazole rings is 1. The Bertz CT molecular complexity index is 654. The van der Waals surface area contributed by atoms with Crippen LogP contribution < -0.4 is 5.32 Å². The first kappa shape index (κ1) is 13.1. The first-order chi connectivity index (χ1) is 9.65. The number of aromatic nitrogens is 2. The maximum absolute atomic E-state index is 11.3. The number of hydrogen-bond donors (Lipinski definition) is 2. The molecular formula is C14H15N3O2S. The number of carbonyl (C=O) groups is 1. The number of pyridine rings is 1. The van der Waals surface area contributed by atoms with E-state index >= 15 is 0 Å². The Labute approximate surface area is 120 Å². The molecule has 0 aliphatic heterocycles. The van der Waals surface area contributed by atoms with Gasteiger partial charge >= 0.3 is 5.97 Å². The molecule has 2 aromatic heterocycles. The molecule has 0 saturated carbocycles.